The molecule has 4 aromatic heterocycles. The van der Waals surface area contributed by atoms with Crippen molar-refractivity contribution in [2.24, 2.45) is 5.92 Å². The summed E-state index contributed by atoms with van der Waals surface area (Å²) in [6.07, 6.45) is 6.63. The van der Waals surface area contributed by atoms with Crippen molar-refractivity contribution in [3.63, 3.8) is 0 Å². The van der Waals surface area contributed by atoms with Gasteiger partial charge in [0.1, 0.15) is 11.5 Å². The molecule has 6 heteroatoms. The van der Waals surface area contributed by atoms with Gasteiger partial charge in [-0.05, 0) is 25.0 Å². The summed E-state index contributed by atoms with van der Waals surface area (Å²) in [5.41, 5.74) is 4.54. The average Bonchev–Trinajstić information content (AvgIpc) is 3.07. The topological polar surface area (TPSA) is 71.8 Å². The molecule has 0 aliphatic rings. The smallest absolute Gasteiger partial charge is 0.153 e. The van der Waals surface area contributed by atoms with E-state index in [1.54, 1.807) is 4.52 Å². The first kappa shape index (κ1) is 13.9. The highest BCUT2D eigenvalue weighted by atomic mass is 15.2. The lowest BCUT2D eigenvalue weighted by Gasteiger charge is -2.03. The molecule has 0 amide bonds. The van der Waals surface area contributed by atoms with E-state index in [1.807, 2.05) is 37.6 Å². The van der Waals surface area contributed by atoms with Crippen LogP contribution in [0.1, 0.15) is 25.4 Å². The molecule has 0 saturated heterocycles. The third-order valence-corrected chi connectivity index (χ3v) is 3.79. The van der Waals surface area contributed by atoms with E-state index in [1.165, 1.54) is 0 Å². The second-order valence-electron chi connectivity index (χ2n) is 6.25. The Hall–Kier alpha value is -2.76. The number of aryl methyl sites for hydroxylation is 1. The normalized spacial score (nSPS) is 11.8. The Morgan fingerprint density at radius 2 is 2.09 bits per heavy atom. The predicted molar refractivity (Wildman–Crippen MR) is 89.1 cm³/mol. The maximum absolute atomic E-state index is 4.64. The van der Waals surface area contributed by atoms with Crippen LogP contribution in [0, 0.1) is 12.8 Å². The maximum atomic E-state index is 4.64. The van der Waals surface area contributed by atoms with Gasteiger partial charge in [0.15, 0.2) is 5.65 Å². The summed E-state index contributed by atoms with van der Waals surface area (Å²) >= 11 is 0. The van der Waals surface area contributed by atoms with Crippen molar-refractivity contribution in [1.82, 2.24) is 29.5 Å². The molecule has 0 radical (unpaired) electrons. The number of aromatic amines is 1. The first-order chi connectivity index (χ1) is 11.1. The minimum absolute atomic E-state index is 0.537. The fraction of sp³-hybridized carbons (Fsp3) is 0.294. The Morgan fingerprint density at radius 3 is 2.91 bits per heavy atom. The second kappa shape index (κ2) is 5.15. The number of H-pyrrole nitrogens is 1. The number of nitrogens with zero attached hydrogens (tertiary/aromatic N) is 5. The van der Waals surface area contributed by atoms with Crippen molar-refractivity contribution >= 4 is 16.7 Å². The van der Waals surface area contributed by atoms with E-state index >= 15 is 0 Å². The molecule has 23 heavy (non-hydrogen) atoms. The van der Waals surface area contributed by atoms with Gasteiger partial charge in [-0.15, -0.1) is 0 Å². The first-order valence-electron chi connectivity index (χ1n) is 7.76. The highest BCUT2D eigenvalue weighted by Crippen LogP contribution is 2.26. The van der Waals surface area contributed by atoms with Gasteiger partial charge in [-0.25, -0.2) is 19.5 Å². The Balaban J connectivity index is 1.80. The van der Waals surface area contributed by atoms with E-state index in [9.17, 15) is 0 Å². The van der Waals surface area contributed by atoms with Crippen LogP contribution in [0.4, 0.5) is 0 Å². The van der Waals surface area contributed by atoms with Gasteiger partial charge < -0.3 is 4.98 Å². The molecule has 116 valence electrons. The Morgan fingerprint density at radius 1 is 1.22 bits per heavy atom. The summed E-state index contributed by atoms with van der Waals surface area (Å²) in [4.78, 5) is 16.8. The van der Waals surface area contributed by atoms with Crippen LogP contribution < -0.4 is 0 Å². The minimum Gasteiger partial charge on any atom is -0.345 e. The van der Waals surface area contributed by atoms with Crippen molar-refractivity contribution in [3.8, 4) is 11.3 Å². The van der Waals surface area contributed by atoms with Crippen LogP contribution in [0.15, 0.2) is 30.7 Å². The molecule has 4 aromatic rings. The second-order valence-corrected chi connectivity index (χ2v) is 6.25. The van der Waals surface area contributed by atoms with Crippen molar-refractivity contribution < 1.29 is 0 Å². The molecule has 0 fully saturated rings. The summed E-state index contributed by atoms with van der Waals surface area (Å²) in [6.45, 7) is 6.30. The van der Waals surface area contributed by atoms with Crippen LogP contribution in [-0.2, 0) is 6.42 Å². The lowest BCUT2D eigenvalue weighted by atomic mass is 10.1. The van der Waals surface area contributed by atoms with Gasteiger partial charge in [-0.1, -0.05) is 13.8 Å². The molecular formula is C17H18N6. The van der Waals surface area contributed by atoms with Crippen molar-refractivity contribution in [2.75, 3.05) is 0 Å². The quantitative estimate of drug-likeness (QED) is 0.631. The SMILES string of the molecule is Cc1cn2nc(-c3c[nH]c4nc(CC(C)C)ncc34)ccc2n1. The van der Waals surface area contributed by atoms with Crippen LogP contribution in [0.2, 0.25) is 0 Å². The standard InChI is InChI=1S/C17H18N6/c1-10(2)6-15-18-8-13-12(7-19-17(13)21-15)14-4-5-16-20-11(3)9-23(16)22-14/h4-5,7-10H,6H2,1-3H3,(H,18,19,21). The fourth-order valence-corrected chi connectivity index (χ4v) is 2.76. The van der Waals surface area contributed by atoms with E-state index in [0.29, 0.717) is 5.92 Å². The molecule has 0 aliphatic heterocycles. The number of aromatic nitrogens is 6. The van der Waals surface area contributed by atoms with Gasteiger partial charge in [0.05, 0.1) is 17.6 Å². The molecule has 1 N–H and O–H groups in total. The average molecular weight is 306 g/mol. The van der Waals surface area contributed by atoms with Crippen LogP contribution in [0.5, 0.6) is 0 Å². The van der Waals surface area contributed by atoms with Gasteiger partial charge in [0.2, 0.25) is 0 Å². The summed E-state index contributed by atoms with van der Waals surface area (Å²) in [7, 11) is 0. The van der Waals surface area contributed by atoms with E-state index < -0.39 is 0 Å². The van der Waals surface area contributed by atoms with E-state index in [-0.39, 0.29) is 0 Å². The molecule has 0 bridgehead atoms. The summed E-state index contributed by atoms with van der Waals surface area (Å²) in [6, 6.07) is 3.95. The van der Waals surface area contributed by atoms with Crippen LogP contribution in [0.25, 0.3) is 27.9 Å². The van der Waals surface area contributed by atoms with Crippen LogP contribution in [-0.4, -0.2) is 29.5 Å². The molecule has 0 aromatic carbocycles. The highest BCUT2D eigenvalue weighted by Gasteiger charge is 2.12. The van der Waals surface area contributed by atoms with Crippen molar-refractivity contribution in [3.05, 3.63) is 42.2 Å². The lowest BCUT2D eigenvalue weighted by Crippen LogP contribution is -2.00. The monoisotopic (exact) mass is 306 g/mol. The zero-order valence-electron chi connectivity index (χ0n) is 13.4. The van der Waals surface area contributed by atoms with Gasteiger partial charge in [-0.2, -0.15) is 5.10 Å². The van der Waals surface area contributed by atoms with E-state index in [0.717, 1.165) is 45.9 Å². The molecule has 4 heterocycles. The summed E-state index contributed by atoms with van der Waals surface area (Å²) < 4.78 is 1.80. The maximum Gasteiger partial charge on any atom is 0.153 e. The Bertz CT molecular complexity index is 995. The van der Waals surface area contributed by atoms with Crippen molar-refractivity contribution in [1.29, 1.82) is 0 Å². The number of hydrogen-bond acceptors (Lipinski definition) is 4. The third-order valence-electron chi connectivity index (χ3n) is 3.79. The molecular weight excluding hydrogens is 288 g/mol. The molecule has 4 rings (SSSR count). The van der Waals surface area contributed by atoms with Gasteiger partial charge in [0, 0.05) is 29.8 Å². The Labute approximate surface area is 133 Å². The summed E-state index contributed by atoms with van der Waals surface area (Å²) in [5, 5.41) is 5.63. The third kappa shape index (κ3) is 2.46. The van der Waals surface area contributed by atoms with Gasteiger partial charge in [0.25, 0.3) is 0 Å². The Kier molecular flexibility index (Phi) is 3.11. The zero-order valence-corrected chi connectivity index (χ0v) is 13.4. The number of nitrogens with one attached hydrogen (secondary N) is 1. The first-order valence-corrected chi connectivity index (χ1v) is 7.76. The van der Waals surface area contributed by atoms with E-state index in [2.05, 4.69) is 38.9 Å². The largest absolute Gasteiger partial charge is 0.345 e. The number of rotatable bonds is 3. The molecule has 0 saturated carbocycles. The molecule has 6 nitrogen and oxygen atoms in total. The highest BCUT2D eigenvalue weighted by molar-refractivity contribution is 5.91. The molecule has 0 atom stereocenters. The number of fused-ring (bicyclic) bond motifs is 2. The fourth-order valence-electron chi connectivity index (χ4n) is 2.76. The molecule has 0 aliphatic carbocycles. The number of imidazole rings is 1. The molecule has 0 spiro atoms. The number of hydrogen-bond donors (Lipinski definition) is 1. The van der Waals surface area contributed by atoms with Gasteiger partial charge >= 0.3 is 0 Å². The predicted octanol–water partition coefficient (Wildman–Crippen LogP) is 3.17. The molecule has 0 unspecified atom stereocenters. The van der Waals surface area contributed by atoms with Crippen LogP contribution >= 0.6 is 0 Å². The van der Waals surface area contributed by atoms with Crippen molar-refractivity contribution in [2.45, 2.75) is 27.2 Å². The lowest BCUT2D eigenvalue weighted by molar-refractivity contribution is 0.622. The zero-order chi connectivity index (χ0) is 16.0. The van der Waals surface area contributed by atoms with Gasteiger partial charge in [-0.3, -0.25) is 0 Å². The van der Waals surface area contributed by atoms with Crippen LogP contribution in [0.3, 0.4) is 0 Å². The van der Waals surface area contributed by atoms with E-state index in [4.69, 9.17) is 0 Å². The summed E-state index contributed by atoms with van der Waals surface area (Å²) in [5.74, 6) is 1.41. The minimum atomic E-state index is 0.537.